The van der Waals surface area contributed by atoms with E-state index in [-0.39, 0.29) is 6.42 Å². The summed E-state index contributed by atoms with van der Waals surface area (Å²) in [7, 11) is 0. The molecule has 0 aliphatic carbocycles. The van der Waals surface area contributed by atoms with Gasteiger partial charge in [0.15, 0.2) is 0 Å². The van der Waals surface area contributed by atoms with E-state index in [0.717, 1.165) is 11.3 Å². The molecule has 6 heteroatoms. The standard InChI is InChI=1S/C13H13ClN2O3/c14-10-3-1-9(2-4-10)13-16-11(8-19-13)7-15-6-5-12(17)18/h1-4,8,15H,5-7H2,(H,17,18). The van der Waals surface area contributed by atoms with Gasteiger partial charge in [0.2, 0.25) is 5.89 Å². The van der Waals surface area contributed by atoms with Crippen molar-refractivity contribution < 1.29 is 14.3 Å². The van der Waals surface area contributed by atoms with Gasteiger partial charge in [0.05, 0.1) is 12.1 Å². The van der Waals surface area contributed by atoms with Gasteiger partial charge in [-0.1, -0.05) is 11.6 Å². The summed E-state index contributed by atoms with van der Waals surface area (Å²) in [6.07, 6.45) is 1.64. The maximum Gasteiger partial charge on any atom is 0.304 e. The number of nitrogens with one attached hydrogen (secondary N) is 1. The monoisotopic (exact) mass is 280 g/mol. The Morgan fingerprint density at radius 1 is 1.37 bits per heavy atom. The Labute approximate surface area is 115 Å². The van der Waals surface area contributed by atoms with E-state index in [0.29, 0.717) is 24.0 Å². The van der Waals surface area contributed by atoms with E-state index in [1.165, 1.54) is 0 Å². The van der Waals surface area contributed by atoms with Crippen molar-refractivity contribution in [2.24, 2.45) is 0 Å². The number of aromatic nitrogens is 1. The largest absolute Gasteiger partial charge is 0.481 e. The number of hydrogen-bond donors (Lipinski definition) is 2. The summed E-state index contributed by atoms with van der Waals surface area (Å²) in [6.45, 7) is 0.878. The maximum absolute atomic E-state index is 10.3. The Hall–Kier alpha value is -1.85. The van der Waals surface area contributed by atoms with Gasteiger partial charge in [-0.2, -0.15) is 0 Å². The second-order valence-electron chi connectivity index (χ2n) is 3.97. The molecule has 0 saturated heterocycles. The summed E-state index contributed by atoms with van der Waals surface area (Å²) < 4.78 is 5.36. The molecule has 0 spiro atoms. The molecule has 2 aromatic rings. The van der Waals surface area contributed by atoms with Crippen molar-refractivity contribution in [1.82, 2.24) is 10.3 Å². The number of carboxylic acid groups (broad SMARTS) is 1. The molecule has 1 heterocycles. The fourth-order valence-electron chi connectivity index (χ4n) is 1.53. The van der Waals surface area contributed by atoms with Crippen LogP contribution in [0.5, 0.6) is 0 Å². The third-order valence-corrected chi connectivity index (χ3v) is 2.72. The number of benzene rings is 1. The second-order valence-corrected chi connectivity index (χ2v) is 4.41. The normalized spacial score (nSPS) is 10.6. The Balaban J connectivity index is 1.91. The number of aliphatic carboxylic acids is 1. The molecular formula is C13H13ClN2O3. The zero-order valence-corrected chi connectivity index (χ0v) is 10.9. The third kappa shape index (κ3) is 4.08. The molecule has 1 aromatic heterocycles. The van der Waals surface area contributed by atoms with Gasteiger partial charge >= 0.3 is 5.97 Å². The Kier molecular flexibility index (Phi) is 4.54. The van der Waals surface area contributed by atoms with Crippen molar-refractivity contribution in [2.45, 2.75) is 13.0 Å². The van der Waals surface area contributed by atoms with Crippen LogP contribution in [0.2, 0.25) is 5.02 Å². The second kappa shape index (κ2) is 6.36. The van der Waals surface area contributed by atoms with Gasteiger partial charge in [-0.3, -0.25) is 4.79 Å². The van der Waals surface area contributed by atoms with Gasteiger partial charge in [-0.15, -0.1) is 0 Å². The lowest BCUT2D eigenvalue weighted by molar-refractivity contribution is -0.136. The van der Waals surface area contributed by atoms with E-state index >= 15 is 0 Å². The number of halogens is 1. The van der Waals surface area contributed by atoms with E-state index < -0.39 is 5.97 Å². The minimum Gasteiger partial charge on any atom is -0.481 e. The topological polar surface area (TPSA) is 75.4 Å². The van der Waals surface area contributed by atoms with Crippen LogP contribution in [-0.4, -0.2) is 22.6 Å². The molecule has 0 atom stereocenters. The number of oxazole rings is 1. The number of rotatable bonds is 6. The quantitative estimate of drug-likeness (QED) is 0.796. The summed E-state index contributed by atoms with van der Waals surface area (Å²) in [4.78, 5) is 14.6. The molecule has 5 nitrogen and oxygen atoms in total. The molecule has 0 aliphatic heterocycles. The molecule has 0 unspecified atom stereocenters. The predicted molar refractivity (Wildman–Crippen MR) is 70.9 cm³/mol. The molecule has 2 rings (SSSR count). The number of carboxylic acids is 1. The summed E-state index contributed by atoms with van der Waals surface area (Å²) in [5, 5.41) is 12.1. The lowest BCUT2D eigenvalue weighted by atomic mass is 10.2. The first kappa shape index (κ1) is 13.6. The molecule has 0 radical (unpaired) electrons. The molecule has 0 bridgehead atoms. The number of nitrogens with zero attached hydrogens (tertiary/aromatic N) is 1. The van der Waals surface area contributed by atoms with Crippen LogP contribution in [0.1, 0.15) is 12.1 Å². The predicted octanol–water partition coefficient (Wildman–Crippen LogP) is 2.56. The van der Waals surface area contributed by atoms with Crippen molar-refractivity contribution in [1.29, 1.82) is 0 Å². The van der Waals surface area contributed by atoms with Gasteiger partial charge < -0.3 is 14.8 Å². The van der Waals surface area contributed by atoms with E-state index in [9.17, 15) is 4.79 Å². The van der Waals surface area contributed by atoms with Crippen LogP contribution < -0.4 is 5.32 Å². The van der Waals surface area contributed by atoms with Crippen molar-refractivity contribution in [3.63, 3.8) is 0 Å². The van der Waals surface area contributed by atoms with Crippen LogP contribution in [0.3, 0.4) is 0 Å². The smallest absolute Gasteiger partial charge is 0.304 e. The summed E-state index contributed by atoms with van der Waals surface area (Å²) in [6, 6.07) is 7.20. The number of carbonyl (C=O) groups is 1. The van der Waals surface area contributed by atoms with Crippen molar-refractivity contribution in [3.05, 3.63) is 41.2 Å². The highest BCUT2D eigenvalue weighted by atomic mass is 35.5. The zero-order valence-electron chi connectivity index (χ0n) is 10.1. The molecule has 2 N–H and O–H groups in total. The molecule has 1 aromatic carbocycles. The van der Waals surface area contributed by atoms with Crippen LogP contribution in [0.25, 0.3) is 11.5 Å². The van der Waals surface area contributed by atoms with Crippen LogP contribution in [-0.2, 0) is 11.3 Å². The summed E-state index contributed by atoms with van der Waals surface area (Å²) >= 11 is 5.81. The minimum absolute atomic E-state index is 0.0852. The Bertz CT molecular complexity index is 551. The van der Waals surface area contributed by atoms with Gasteiger partial charge in [0.25, 0.3) is 0 Å². The summed E-state index contributed by atoms with van der Waals surface area (Å²) in [5.74, 6) is -0.304. The average Bonchev–Trinajstić information content (AvgIpc) is 2.84. The molecule has 0 saturated carbocycles. The first-order valence-electron chi connectivity index (χ1n) is 5.78. The van der Waals surface area contributed by atoms with Gasteiger partial charge in [-0.25, -0.2) is 4.98 Å². The fourth-order valence-corrected chi connectivity index (χ4v) is 1.65. The van der Waals surface area contributed by atoms with Crippen molar-refractivity contribution in [3.8, 4) is 11.5 Å². The SMILES string of the molecule is O=C(O)CCNCc1coc(-c2ccc(Cl)cc2)n1. The van der Waals surface area contributed by atoms with Crippen LogP contribution in [0, 0.1) is 0 Å². The summed E-state index contributed by atoms with van der Waals surface area (Å²) in [5.41, 5.74) is 1.58. The lowest BCUT2D eigenvalue weighted by Crippen LogP contribution is -2.17. The van der Waals surface area contributed by atoms with E-state index in [1.54, 1.807) is 18.4 Å². The van der Waals surface area contributed by atoms with E-state index in [4.69, 9.17) is 21.1 Å². The van der Waals surface area contributed by atoms with Gasteiger partial charge in [0, 0.05) is 23.7 Å². The molecule has 0 fully saturated rings. The van der Waals surface area contributed by atoms with Gasteiger partial charge in [-0.05, 0) is 24.3 Å². The third-order valence-electron chi connectivity index (χ3n) is 2.46. The minimum atomic E-state index is -0.825. The zero-order chi connectivity index (χ0) is 13.7. The molecule has 19 heavy (non-hydrogen) atoms. The van der Waals surface area contributed by atoms with E-state index in [1.807, 2.05) is 12.1 Å². The fraction of sp³-hybridized carbons (Fsp3) is 0.231. The van der Waals surface area contributed by atoms with Crippen LogP contribution >= 0.6 is 11.6 Å². The van der Waals surface area contributed by atoms with Gasteiger partial charge in [0.1, 0.15) is 6.26 Å². The highest BCUT2D eigenvalue weighted by molar-refractivity contribution is 6.30. The Morgan fingerprint density at radius 3 is 2.79 bits per heavy atom. The molecular weight excluding hydrogens is 268 g/mol. The number of hydrogen-bond acceptors (Lipinski definition) is 4. The highest BCUT2D eigenvalue weighted by Crippen LogP contribution is 2.20. The lowest BCUT2D eigenvalue weighted by Gasteiger charge is -1.98. The maximum atomic E-state index is 10.3. The molecule has 0 amide bonds. The molecule has 0 aliphatic rings. The average molecular weight is 281 g/mol. The molecule has 100 valence electrons. The first-order valence-corrected chi connectivity index (χ1v) is 6.16. The van der Waals surface area contributed by atoms with Crippen LogP contribution in [0.4, 0.5) is 0 Å². The van der Waals surface area contributed by atoms with E-state index in [2.05, 4.69) is 10.3 Å². The first-order chi connectivity index (χ1) is 9.15. The Morgan fingerprint density at radius 2 is 2.11 bits per heavy atom. The van der Waals surface area contributed by atoms with Crippen molar-refractivity contribution in [2.75, 3.05) is 6.54 Å². The van der Waals surface area contributed by atoms with Crippen molar-refractivity contribution >= 4 is 17.6 Å². The highest BCUT2D eigenvalue weighted by Gasteiger charge is 2.06. The van der Waals surface area contributed by atoms with Crippen LogP contribution in [0.15, 0.2) is 34.9 Å².